The molecule has 0 atom stereocenters. The van der Waals surface area contributed by atoms with Crippen molar-refractivity contribution in [3.8, 4) is 0 Å². The lowest BCUT2D eigenvalue weighted by Gasteiger charge is -2.05. The summed E-state index contributed by atoms with van der Waals surface area (Å²) in [6.45, 7) is 0.460. The molecule has 136 valence electrons. The molecule has 5 heteroatoms. The van der Waals surface area contributed by atoms with Crippen LogP contribution in [-0.4, -0.2) is 18.0 Å². The fourth-order valence-corrected chi connectivity index (χ4v) is 2.63. The third kappa shape index (κ3) is 5.78. The van der Waals surface area contributed by atoms with E-state index in [0.29, 0.717) is 6.54 Å². The van der Waals surface area contributed by atoms with Crippen LogP contribution < -0.4 is 10.7 Å². The van der Waals surface area contributed by atoms with Crippen LogP contribution in [-0.2, 0) is 16.1 Å². The fourth-order valence-electron chi connectivity index (χ4n) is 2.63. The van der Waals surface area contributed by atoms with Crippen LogP contribution in [0, 0.1) is 0 Å². The number of carbonyl (C=O) groups excluding carboxylic acids is 2. The summed E-state index contributed by atoms with van der Waals surface area (Å²) in [4.78, 5) is 23.6. The summed E-state index contributed by atoms with van der Waals surface area (Å²) in [7, 11) is 0. The Kier molecular flexibility index (Phi) is 6.30. The average molecular weight is 359 g/mol. The Bertz CT molecular complexity index is 952. The van der Waals surface area contributed by atoms with E-state index in [-0.39, 0.29) is 24.7 Å². The molecule has 2 amide bonds. The van der Waals surface area contributed by atoms with E-state index >= 15 is 0 Å². The highest BCUT2D eigenvalue weighted by molar-refractivity contribution is 5.91. The largest absolute Gasteiger partial charge is 0.352 e. The molecule has 3 rings (SSSR count). The van der Waals surface area contributed by atoms with Crippen LogP contribution in [0.4, 0.5) is 0 Å². The second-order valence-electron chi connectivity index (χ2n) is 6.16. The molecule has 0 saturated carbocycles. The summed E-state index contributed by atoms with van der Waals surface area (Å²) in [5.41, 5.74) is 4.38. The quantitative estimate of drug-likeness (QED) is 0.501. The molecule has 0 radical (unpaired) electrons. The average Bonchev–Trinajstić information content (AvgIpc) is 2.71. The first-order valence-electron chi connectivity index (χ1n) is 8.82. The van der Waals surface area contributed by atoms with Crippen LogP contribution in [0.1, 0.15) is 24.0 Å². The molecule has 0 heterocycles. The van der Waals surface area contributed by atoms with E-state index in [9.17, 15) is 9.59 Å². The van der Waals surface area contributed by atoms with Crippen LogP contribution in [0.3, 0.4) is 0 Å². The lowest BCUT2D eigenvalue weighted by atomic mass is 10.1. The van der Waals surface area contributed by atoms with Crippen LogP contribution in [0.2, 0.25) is 0 Å². The number of hydrogen-bond donors (Lipinski definition) is 2. The lowest BCUT2D eigenvalue weighted by Crippen LogP contribution is -2.25. The maximum Gasteiger partial charge on any atom is 0.240 e. The van der Waals surface area contributed by atoms with Crippen molar-refractivity contribution in [1.82, 2.24) is 10.7 Å². The smallest absolute Gasteiger partial charge is 0.240 e. The van der Waals surface area contributed by atoms with Crippen molar-refractivity contribution in [2.45, 2.75) is 19.4 Å². The molecule has 0 unspecified atom stereocenters. The Morgan fingerprint density at radius 2 is 1.52 bits per heavy atom. The molecule has 0 fully saturated rings. The van der Waals surface area contributed by atoms with Gasteiger partial charge in [0.1, 0.15) is 0 Å². The maximum absolute atomic E-state index is 11.8. The van der Waals surface area contributed by atoms with Crippen molar-refractivity contribution in [1.29, 1.82) is 0 Å². The Labute approximate surface area is 158 Å². The Morgan fingerprint density at radius 1 is 0.815 bits per heavy atom. The summed E-state index contributed by atoms with van der Waals surface area (Å²) < 4.78 is 0. The van der Waals surface area contributed by atoms with Crippen molar-refractivity contribution in [2.24, 2.45) is 5.10 Å². The molecule has 0 aliphatic rings. The van der Waals surface area contributed by atoms with E-state index in [2.05, 4.69) is 15.8 Å². The van der Waals surface area contributed by atoms with Gasteiger partial charge in [-0.1, -0.05) is 66.7 Å². The van der Waals surface area contributed by atoms with Crippen molar-refractivity contribution in [3.05, 3.63) is 83.9 Å². The van der Waals surface area contributed by atoms with Crippen LogP contribution >= 0.6 is 0 Å². The van der Waals surface area contributed by atoms with Crippen molar-refractivity contribution in [2.75, 3.05) is 0 Å². The number of nitrogens with zero attached hydrogens (tertiary/aromatic N) is 1. The fraction of sp³-hybridized carbons (Fsp3) is 0.136. The maximum atomic E-state index is 11.8. The third-order valence-corrected chi connectivity index (χ3v) is 4.09. The topological polar surface area (TPSA) is 70.6 Å². The standard InChI is InChI=1S/C22H21N3O2/c26-21(23-15-17-6-2-1-3-7-17)12-13-22(27)25-24-16-18-10-11-19-8-4-5-9-20(19)14-18/h1-11,14,16H,12-13,15H2,(H,23,26)(H,25,27)/b24-16+. The first-order chi connectivity index (χ1) is 13.2. The number of rotatable bonds is 7. The zero-order chi connectivity index (χ0) is 18.9. The van der Waals surface area contributed by atoms with Gasteiger partial charge in [0.25, 0.3) is 0 Å². The molecule has 3 aromatic rings. The number of carbonyl (C=O) groups is 2. The molecule has 0 saturated heterocycles. The monoisotopic (exact) mass is 359 g/mol. The third-order valence-electron chi connectivity index (χ3n) is 4.09. The predicted molar refractivity (Wildman–Crippen MR) is 107 cm³/mol. The highest BCUT2D eigenvalue weighted by Gasteiger charge is 2.06. The molecule has 0 bridgehead atoms. The van der Waals surface area contributed by atoms with Gasteiger partial charge in [0.2, 0.25) is 11.8 Å². The summed E-state index contributed by atoms with van der Waals surface area (Å²) >= 11 is 0. The molecule has 0 aliphatic carbocycles. The second kappa shape index (κ2) is 9.29. The summed E-state index contributed by atoms with van der Waals surface area (Å²) in [6.07, 6.45) is 1.82. The van der Waals surface area contributed by atoms with Gasteiger partial charge in [0, 0.05) is 19.4 Å². The van der Waals surface area contributed by atoms with Gasteiger partial charge in [-0.2, -0.15) is 5.10 Å². The van der Waals surface area contributed by atoms with Crippen LogP contribution in [0.5, 0.6) is 0 Å². The summed E-state index contributed by atoms with van der Waals surface area (Å²) in [5.74, 6) is -0.450. The van der Waals surface area contributed by atoms with E-state index in [0.717, 1.165) is 21.9 Å². The van der Waals surface area contributed by atoms with E-state index in [1.165, 1.54) is 0 Å². The SMILES string of the molecule is O=C(CCC(=O)N/N=C/c1ccc2ccccc2c1)NCc1ccccc1. The minimum Gasteiger partial charge on any atom is -0.352 e. The number of hydrazone groups is 1. The molecular formula is C22H21N3O2. The van der Waals surface area contributed by atoms with Gasteiger partial charge in [0.05, 0.1) is 6.21 Å². The van der Waals surface area contributed by atoms with Gasteiger partial charge in [-0.3, -0.25) is 9.59 Å². The minimum absolute atomic E-state index is 0.0929. The van der Waals surface area contributed by atoms with Gasteiger partial charge < -0.3 is 5.32 Å². The minimum atomic E-state index is -0.290. The van der Waals surface area contributed by atoms with Crippen LogP contribution in [0.15, 0.2) is 77.9 Å². The van der Waals surface area contributed by atoms with E-state index in [1.54, 1.807) is 6.21 Å². The molecule has 2 N–H and O–H groups in total. The van der Waals surface area contributed by atoms with Crippen molar-refractivity contribution < 1.29 is 9.59 Å². The molecular weight excluding hydrogens is 338 g/mol. The molecule has 3 aromatic carbocycles. The summed E-state index contributed by atoms with van der Waals surface area (Å²) in [5, 5.41) is 9.03. The number of hydrogen-bond acceptors (Lipinski definition) is 3. The van der Waals surface area contributed by atoms with Gasteiger partial charge in [-0.15, -0.1) is 0 Å². The lowest BCUT2D eigenvalue weighted by molar-refractivity contribution is -0.126. The number of benzene rings is 3. The molecule has 5 nitrogen and oxygen atoms in total. The van der Waals surface area contributed by atoms with Crippen molar-refractivity contribution in [3.63, 3.8) is 0 Å². The molecule has 0 aromatic heterocycles. The van der Waals surface area contributed by atoms with E-state index < -0.39 is 0 Å². The van der Waals surface area contributed by atoms with Gasteiger partial charge in [-0.25, -0.2) is 5.43 Å². The van der Waals surface area contributed by atoms with Gasteiger partial charge >= 0.3 is 0 Å². The first kappa shape index (κ1) is 18.3. The van der Waals surface area contributed by atoms with Crippen molar-refractivity contribution >= 4 is 28.8 Å². The Morgan fingerprint density at radius 3 is 2.33 bits per heavy atom. The zero-order valence-corrected chi connectivity index (χ0v) is 14.9. The molecule has 27 heavy (non-hydrogen) atoms. The normalized spacial score (nSPS) is 10.8. The predicted octanol–water partition coefficient (Wildman–Crippen LogP) is 3.39. The molecule has 0 spiro atoms. The summed E-state index contributed by atoms with van der Waals surface area (Å²) in [6, 6.07) is 23.6. The van der Waals surface area contributed by atoms with Gasteiger partial charge in [0.15, 0.2) is 0 Å². The highest BCUT2D eigenvalue weighted by atomic mass is 16.2. The Hall–Kier alpha value is -3.47. The highest BCUT2D eigenvalue weighted by Crippen LogP contribution is 2.14. The number of amides is 2. The number of fused-ring (bicyclic) bond motifs is 1. The van der Waals surface area contributed by atoms with Gasteiger partial charge in [-0.05, 0) is 28.0 Å². The molecule has 0 aliphatic heterocycles. The zero-order valence-electron chi connectivity index (χ0n) is 14.9. The van der Waals surface area contributed by atoms with E-state index in [4.69, 9.17) is 0 Å². The first-order valence-corrected chi connectivity index (χ1v) is 8.82. The van der Waals surface area contributed by atoms with Crippen LogP contribution in [0.25, 0.3) is 10.8 Å². The Balaban J connectivity index is 1.40. The second-order valence-corrected chi connectivity index (χ2v) is 6.16. The van der Waals surface area contributed by atoms with E-state index in [1.807, 2.05) is 72.8 Å². The number of nitrogens with one attached hydrogen (secondary N) is 2.